The fraction of sp³-hybridized carbons (Fsp3) is 0.500. The number of carbonyl (C=O) groups is 2. The van der Waals surface area contributed by atoms with Crippen LogP contribution in [0.25, 0.3) is 0 Å². The molecular weight excluding hydrogens is 138 g/mol. The van der Waals surface area contributed by atoms with Crippen molar-refractivity contribution in [2.24, 2.45) is 5.73 Å². The Morgan fingerprint density at radius 3 is 2.60 bits per heavy atom. The van der Waals surface area contributed by atoms with Gasteiger partial charge in [0.05, 0.1) is 0 Å². The minimum atomic E-state index is -0.911. The standard InChI is InChI=1S/C4H9N3O3/c1-2-6-4(9)10-7-3(5)8/h2H2,1H3,(H,6,9)(H3,5,7,8). The number of nitrogens with two attached hydrogens (primary N) is 1. The Bertz CT molecular complexity index is 136. The molecule has 58 valence electrons. The molecule has 0 heterocycles. The van der Waals surface area contributed by atoms with E-state index in [9.17, 15) is 9.59 Å². The van der Waals surface area contributed by atoms with Gasteiger partial charge in [0, 0.05) is 6.54 Å². The smallest absolute Gasteiger partial charge is 0.349 e. The fourth-order valence-corrected chi connectivity index (χ4v) is 0.277. The lowest BCUT2D eigenvalue weighted by atomic mass is 10.8. The molecule has 0 unspecified atom stereocenters. The van der Waals surface area contributed by atoms with Crippen molar-refractivity contribution in [1.82, 2.24) is 10.8 Å². The molecule has 0 aliphatic rings. The van der Waals surface area contributed by atoms with E-state index in [1.807, 2.05) is 0 Å². The summed E-state index contributed by atoms with van der Waals surface area (Å²) in [6.07, 6.45) is -0.735. The van der Waals surface area contributed by atoms with Crippen molar-refractivity contribution in [3.05, 3.63) is 0 Å². The van der Waals surface area contributed by atoms with Gasteiger partial charge in [-0.25, -0.2) is 9.59 Å². The van der Waals surface area contributed by atoms with Crippen molar-refractivity contribution in [2.75, 3.05) is 6.54 Å². The molecule has 0 saturated heterocycles. The predicted molar refractivity (Wildman–Crippen MR) is 32.9 cm³/mol. The normalized spacial score (nSPS) is 8.10. The Balaban J connectivity index is 3.30. The monoisotopic (exact) mass is 147 g/mol. The minimum Gasteiger partial charge on any atom is -0.349 e. The minimum absolute atomic E-state index is 0.430. The summed E-state index contributed by atoms with van der Waals surface area (Å²) in [6.45, 7) is 2.14. The lowest BCUT2D eigenvalue weighted by Gasteiger charge is -2.01. The lowest BCUT2D eigenvalue weighted by molar-refractivity contribution is 0.103. The third-order valence-corrected chi connectivity index (χ3v) is 0.565. The van der Waals surface area contributed by atoms with E-state index in [0.29, 0.717) is 6.54 Å². The van der Waals surface area contributed by atoms with E-state index in [1.54, 1.807) is 12.4 Å². The molecule has 0 aromatic rings. The third-order valence-electron chi connectivity index (χ3n) is 0.565. The Morgan fingerprint density at radius 1 is 1.60 bits per heavy atom. The first-order valence-electron chi connectivity index (χ1n) is 2.67. The zero-order chi connectivity index (χ0) is 7.98. The first kappa shape index (κ1) is 8.54. The zero-order valence-corrected chi connectivity index (χ0v) is 5.51. The summed E-state index contributed by atoms with van der Waals surface area (Å²) in [4.78, 5) is 24.3. The number of nitrogens with one attached hydrogen (secondary N) is 2. The summed E-state index contributed by atoms with van der Waals surface area (Å²) in [7, 11) is 0. The Morgan fingerprint density at radius 2 is 2.20 bits per heavy atom. The van der Waals surface area contributed by atoms with E-state index < -0.39 is 12.1 Å². The van der Waals surface area contributed by atoms with Gasteiger partial charge in [-0.3, -0.25) is 0 Å². The van der Waals surface area contributed by atoms with Crippen LogP contribution in [-0.4, -0.2) is 18.7 Å². The first-order chi connectivity index (χ1) is 4.66. The van der Waals surface area contributed by atoms with Crippen LogP contribution in [0.15, 0.2) is 0 Å². The summed E-state index contributed by atoms with van der Waals surface area (Å²) < 4.78 is 0. The van der Waals surface area contributed by atoms with Gasteiger partial charge in [0.1, 0.15) is 0 Å². The summed E-state index contributed by atoms with van der Waals surface area (Å²) >= 11 is 0. The second-order valence-corrected chi connectivity index (χ2v) is 1.39. The number of hydrogen-bond donors (Lipinski definition) is 3. The van der Waals surface area contributed by atoms with Crippen LogP contribution in [0.2, 0.25) is 0 Å². The second-order valence-electron chi connectivity index (χ2n) is 1.39. The van der Waals surface area contributed by atoms with E-state index in [2.05, 4.69) is 15.9 Å². The predicted octanol–water partition coefficient (Wildman–Crippen LogP) is -0.684. The quantitative estimate of drug-likeness (QED) is 0.429. The summed E-state index contributed by atoms with van der Waals surface area (Å²) in [5, 5.41) is 2.27. The lowest BCUT2D eigenvalue weighted by Crippen LogP contribution is -2.36. The molecule has 0 aliphatic carbocycles. The van der Waals surface area contributed by atoms with Gasteiger partial charge < -0.3 is 15.9 Å². The highest BCUT2D eigenvalue weighted by atomic mass is 16.7. The van der Waals surface area contributed by atoms with Crippen molar-refractivity contribution in [1.29, 1.82) is 0 Å². The summed E-state index contributed by atoms with van der Waals surface area (Å²) in [6, 6.07) is -0.911. The van der Waals surface area contributed by atoms with E-state index in [4.69, 9.17) is 0 Å². The molecule has 6 heteroatoms. The van der Waals surface area contributed by atoms with Gasteiger partial charge in [0.25, 0.3) is 0 Å². The molecule has 4 N–H and O–H groups in total. The van der Waals surface area contributed by atoms with Gasteiger partial charge in [-0.1, -0.05) is 0 Å². The molecule has 0 fully saturated rings. The SMILES string of the molecule is CCNC(=O)ONC(N)=O. The number of urea groups is 1. The maximum absolute atomic E-state index is 10.3. The maximum atomic E-state index is 10.3. The van der Waals surface area contributed by atoms with Crippen molar-refractivity contribution < 1.29 is 14.4 Å². The highest BCUT2D eigenvalue weighted by Gasteiger charge is 1.99. The van der Waals surface area contributed by atoms with Gasteiger partial charge in [-0.15, -0.1) is 0 Å². The van der Waals surface area contributed by atoms with Gasteiger partial charge >= 0.3 is 12.1 Å². The molecule has 0 aromatic heterocycles. The van der Waals surface area contributed by atoms with Gasteiger partial charge in [-0.2, -0.15) is 5.48 Å². The largest absolute Gasteiger partial charge is 0.431 e. The Labute approximate surface area is 57.7 Å². The molecule has 0 bridgehead atoms. The number of hydrogen-bond acceptors (Lipinski definition) is 3. The van der Waals surface area contributed by atoms with Crippen LogP contribution in [-0.2, 0) is 4.84 Å². The van der Waals surface area contributed by atoms with E-state index in [1.165, 1.54) is 0 Å². The van der Waals surface area contributed by atoms with Crippen LogP contribution < -0.4 is 16.5 Å². The molecule has 0 aromatic carbocycles. The van der Waals surface area contributed by atoms with Crippen molar-refractivity contribution in [3.8, 4) is 0 Å². The number of primary amides is 1. The summed E-state index contributed by atoms with van der Waals surface area (Å²) in [5.74, 6) is 0. The summed E-state index contributed by atoms with van der Waals surface area (Å²) in [5.41, 5.74) is 6.24. The molecular formula is C4H9N3O3. The van der Waals surface area contributed by atoms with E-state index >= 15 is 0 Å². The topological polar surface area (TPSA) is 93.4 Å². The maximum Gasteiger partial charge on any atom is 0.431 e. The number of carbonyl (C=O) groups excluding carboxylic acids is 2. The molecule has 10 heavy (non-hydrogen) atoms. The average molecular weight is 147 g/mol. The van der Waals surface area contributed by atoms with Crippen LogP contribution in [0.5, 0.6) is 0 Å². The average Bonchev–Trinajstić information content (AvgIpc) is 1.85. The van der Waals surface area contributed by atoms with Gasteiger partial charge in [-0.05, 0) is 6.92 Å². The second kappa shape index (κ2) is 4.42. The fourth-order valence-electron chi connectivity index (χ4n) is 0.277. The molecule has 0 saturated carbocycles. The van der Waals surface area contributed by atoms with E-state index in [0.717, 1.165) is 0 Å². The van der Waals surface area contributed by atoms with Crippen LogP contribution in [0.1, 0.15) is 6.92 Å². The molecule has 0 atom stereocenters. The van der Waals surface area contributed by atoms with Crippen molar-refractivity contribution in [3.63, 3.8) is 0 Å². The van der Waals surface area contributed by atoms with E-state index in [-0.39, 0.29) is 0 Å². The molecule has 0 rings (SSSR count). The Kier molecular flexibility index (Phi) is 3.78. The molecule has 3 amide bonds. The molecule has 0 aliphatic heterocycles. The molecule has 0 radical (unpaired) electrons. The third kappa shape index (κ3) is 4.69. The highest BCUT2D eigenvalue weighted by molar-refractivity contribution is 5.74. The van der Waals surface area contributed by atoms with Crippen molar-refractivity contribution in [2.45, 2.75) is 6.92 Å². The van der Waals surface area contributed by atoms with Crippen molar-refractivity contribution >= 4 is 12.1 Å². The number of hydroxylamine groups is 1. The van der Waals surface area contributed by atoms with Crippen LogP contribution in [0.3, 0.4) is 0 Å². The van der Waals surface area contributed by atoms with Gasteiger partial charge in [0.15, 0.2) is 0 Å². The number of amides is 3. The zero-order valence-electron chi connectivity index (χ0n) is 5.51. The molecule has 6 nitrogen and oxygen atoms in total. The van der Waals surface area contributed by atoms with Crippen LogP contribution in [0.4, 0.5) is 9.59 Å². The number of rotatable bonds is 1. The van der Waals surface area contributed by atoms with Crippen LogP contribution >= 0.6 is 0 Å². The van der Waals surface area contributed by atoms with Crippen LogP contribution in [0, 0.1) is 0 Å². The Hall–Kier alpha value is -1.46. The first-order valence-corrected chi connectivity index (χ1v) is 2.67. The molecule has 0 spiro atoms. The van der Waals surface area contributed by atoms with Gasteiger partial charge in [0.2, 0.25) is 0 Å². The highest BCUT2D eigenvalue weighted by Crippen LogP contribution is 1.69.